The van der Waals surface area contributed by atoms with Crippen molar-refractivity contribution in [2.24, 2.45) is 5.92 Å². The van der Waals surface area contributed by atoms with E-state index in [1.807, 2.05) is 0 Å². The second kappa shape index (κ2) is 13.8. The molecular weight excluding hydrogens is 328 g/mol. The predicted octanol–water partition coefficient (Wildman–Crippen LogP) is 5.74. The molecule has 150 valence electrons. The number of hydrogen-bond donors (Lipinski definition) is 0. The molecule has 0 bridgehead atoms. The molecule has 0 amide bonds. The minimum absolute atomic E-state index is 0.138. The zero-order valence-corrected chi connectivity index (χ0v) is 17.1. The second-order valence-corrected chi connectivity index (χ2v) is 7.44. The van der Waals surface area contributed by atoms with E-state index < -0.39 is 0 Å². The molecule has 0 N–H and O–H groups in total. The number of hydrogen-bond acceptors (Lipinski definition) is 4. The molecule has 1 aliphatic carbocycles. The van der Waals surface area contributed by atoms with Gasteiger partial charge in [-0.25, -0.2) is 9.59 Å². The van der Waals surface area contributed by atoms with Crippen LogP contribution in [0.4, 0.5) is 0 Å². The molecule has 0 heterocycles. The number of carbonyl (C=O) groups excluding carboxylic acids is 2. The number of methoxy groups -OCH3 is 2. The maximum Gasteiger partial charge on any atom is 0.334 e. The van der Waals surface area contributed by atoms with E-state index in [4.69, 9.17) is 9.47 Å². The van der Waals surface area contributed by atoms with Crippen molar-refractivity contribution in [1.82, 2.24) is 0 Å². The SMILES string of the molecule is CCCCCCCCCCC(C(=O)OC)=C(C(=O)OC)C1CCCCC1. The lowest BCUT2D eigenvalue weighted by atomic mass is 9.80. The van der Waals surface area contributed by atoms with E-state index in [1.54, 1.807) is 0 Å². The standard InChI is InChI=1S/C22H38O4/c1-4-5-6-7-8-9-10-14-17-19(21(23)25-2)20(22(24)26-3)18-15-12-11-13-16-18/h18H,4-17H2,1-3H3. The molecule has 0 aromatic carbocycles. The summed E-state index contributed by atoms with van der Waals surface area (Å²) in [6, 6.07) is 0. The lowest BCUT2D eigenvalue weighted by molar-refractivity contribution is -0.140. The molecule has 26 heavy (non-hydrogen) atoms. The topological polar surface area (TPSA) is 52.6 Å². The van der Waals surface area contributed by atoms with Gasteiger partial charge in [0.05, 0.1) is 19.8 Å². The van der Waals surface area contributed by atoms with Gasteiger partial charge in [0.1, 0.15) is 0 Å². The lowest BCUT2D eigenvalue weighted by Crippen LogP contribution is -2.23. The summed E-state index contributed by atoms with van der Waals surface area (Å²) in [7, 11) is 2.79. The molecule has 1 rings (SSSR count). The van der Waals surface area contributed by atoms with Gasteiger partial charge in [-0.3, -0.25) is 0 Å². The monoisotopic (exact) mass is 366 g/mol. The van der Waals surface area contributed by atoms with Gasteiger partial charge in [0.15, 0.2) is 0 Å². The first-order valence-electron chi connectivity index (χ1n) is 10.5. The third-order valence-electron chi connectivity index (χ3n) is 5.46. The largest absolute Gasteiger partial charge is 0.466 e. The highest BCUT2D eigenvalue weighted by Crippen LogP contribution is 2.34. The summed E-state index contributed by atoms with van der Waals surface area (Å²) < 4.78 is 10.0. The van der Waals surface area contributed by atoms with Crippen LogP contribution in [-0.2, 0) is 19.1 Å². The Morgan fingerprint density at radius 2 is 1.31 bits per heavy atom. The third-order valence-corrected chi connectivity index (χ3v) is 5.46. The average molecular weight is 367 g/mol. The first kappa shape index (κ1) is 22.7. The van der Waals surface area contributed by atoms with Crippen LogP contribution in [0.25, 0.3) is 0 Å². The van der Waals surface area contributed by atoms with Crippen molar-refractivity contribution in [2.45, 2.75) is 96.8 Å². The molecule has 0 aromatic rings. The van der Waals surface area contributed by atoms with E-state index in [9.17, 15) is 9.59 Å². The fourth-order valence-corrected chi connectivity index (χ4v) is 3.94. The molecule has 0 spiro atoms. The van der Waals surface area contributed by atoms with Crippen LogP contribution in [0.15, 0.2) is 11.1 Å². The van der Waals surface area contributed by atoms with Crippen LogP contribution < -0.4 is 0 Å². The van der Waals surface area contributed by atoms with E-state index in [0.29, 0.717) is 17.6 Å². The molecule has 0 aliphatic heterocycles. The fraction of sp³-hybridized carbons (Fsp3) is 0.818. The summed E-state index contributed by atoms with van der Waals surface area (Å²) in [5, 5.41) is 0. The van der Waals surface area contributed by atoms with Crippen LogP contribution in [0.2, 0.25) is 0 Å². The maximum atomic E-state index is 12.4. The molecule has 0 unspecified atom stereocenters. The first-order valence-corrected chi connectivity index (χ1v) is 10.5. The Kier molecular flexibility index (Phi) is 12.1. The quantitative estimate of drug-likeness (QED) is 0.251. The number of esters is 2. The predicted molar refractivity (Wildman–Crippen MR) is 105 cm³/mol. The van der Waals surface area contributed by atoms with Crippen LogP contribution in [0.1, 0.15) is 96.8 Å². The highest BCUT2D eigenvalue weighted by molar-refractivity contribution is 6.00. The normalized spacial score (nSPS) is 16.1. The van der Waals surface area contributed by atoms with Gasteiger partial charge in [0.2, 0.25) is 0 Å². The molecule has 1 saturated carbocycles. The second-order valence-electron chi connectivity index (χ2n) is 7.44. The summed E-state index contributed by atoms with van der Waals surface area (Å²) in [4.78, 5) is 24.8. The van der Waals surface area contributed by atoms with Crippen LogP contribution in [0.5, 0.6) is 0 Å². The van der Waals surface area contributed by atoms with Crippen molar-refractivity contribution in [3.05, 3.63) is 11.1 Å². The summed E-state index contributed by atoms with van der Waals surface area (Å²) in [6.45, 7) is 2.23. The number of ether oxygens (including phenoxy) is 2. The Labute approximate surface area is 159 Å². The average Bonchev–Trinajstić information content (AvgIpc) is 2.68. The first-order chi connectivity index (χ1) is 12.7. The summed E-state index contributed by atoms with van der Waals surface area (Å²) in [6.07, 6.45) is 15.6. The number of carbonyl (C=O) groups is 2. The zero-order chi connectivity index (χ0) is 19.2. The van der Waals surface area contributed by atoms with Gasteiger partial charge in [0.25, 0.3) is 0 Å². The highest BCUT2D eigenvalue weighted by atomic mass is 16.5. The molecule has 1 fully saturated rings. The van der Waals surface area contributed by atoms with Crippen molar-refractivity contribution in [3.8, 4) is 0 Å². The molecular formula is C22H38O4. The molecule has 0 aromatic heterocycles. The molecule has 0 saturated heterocycles. The van der Waals surface area contributed by atoms with Gasteiger partial charge >= 0.3 is 11.9 Å². The van der Waals surface area contributed by atoms with Crippen molar-refractivity contribution in [1.29, 1.82) is 0 Å². The molecule has 4 nitrogen and oxygen atoms in total. The Morgan fingerprint density at radius 3 is 1.85 bits per heavy atom. The van der Waals surface area contributed by atoms with Crippen LogP contribution >= 0.6 is 0 Å². The van der Waals surface area contributed by atoms with E-state index in [0.717, 1.165) is 38.5 Å². The summed E-state index contributed by atoms with van der Waals surface area (Å²) in [5.74, 6) is -0.574. The Hall–Kier alpha value is -1.32. The van der Waals surface area contributed by atoms with Gasteiger partial charge in [-0.2, -0.15) is 0 Å². The van der Waals surface area contributed by atoms with E-state index in [2.05, 4.69) is 6.92 Å². The van der Waals surface area contributed by atoms with Gasteiger partial charge < -0.3 is 9.47 Å². The number of rotatable bonds is 12. The molecule has 4 heteroatoms. The molecule has 0 atom stereocenters. The Bertz CT molecular complexity index is 447. The van der Waals surface area contributed by atoms with Crippen molar-refractivity contribution < 1.29 is 19.1 Å². The highest BCUT2D eigenvalue weighted by Gasteiger charge is 2.30. The smallest absolute Gasteiger partial charge is 0.334 e. The van der Waals surface area contributed by atoms with Gasteiger partial charge in [-0.1, -0.05) is 71.1 Å². The maximum absolute atomic E-state index is 12.4. The van der Waals surface area contributed by atoms with Crippen LogP contribution in [-0.4, -0.2) is 26.2 Å². The zero-order valence-electron chi connectivity index (χ0n) is 17.1. The minimum atomic E-state index is -0.362. The summed E-state index contributed by atoms with van der Waals surface area (Å²) in [5.41, 5.74) is 1.14. The van der Waals surface area contributed by atoms with Crippen LogP contribution in [0.3, 0.4) is 0 Å². The molecule has 1 aliphatic rings. The Morgan fingerprint density at radius 1 is 0.769 bits per heavy atom. The van der Waals surface area contributed by atoms with E-state index >= 15 is 0 Å². The van der Waals surface area contributed by atoms with Crippen molar-refractivity contribution in [2.75, 3.05) is 14.2 Å². The van der Waals surface area contributed by atoms with Crippen LogP contribution in [0, 0.1) is 5.92 Å². The molecule has 0 radical (unpaired) electrons. The fourth-order valence-electron chi connectivity index (χ4n) is 3.94. The summed E-state index contributed by atoms with van der Waals surface area (Å²) >= 11 is 0. The Balaban J connectivity index is 2.69. The van der Waals surface area contributed by atoms with E-state index in [-0.39, 0.29) is 17.9 Å². The van der Waals surface area contributed by atoms with Gasteiger partial charge in [-0.15, -0.1) is 0 Å². The van der Waals surface area contributed by atoms with Gasteiger partial charge in [0, 0.05) is 5.57 Å². The third kappa shape index (κ3) is 7.92. The van der Waals surface area contributed by atoms with E-state index in [1.165, 1.54) is 59.2 Å². The van der Waals surface area contributed by atoms with Gasteiger partial charge in [-0.05, 0) is 31.6 Å². The van der Waals surface area contributed by atoms with Crippen molar-refractivity contribution >= 4 is 11.9 Å². The minimum Gasteiger partial charge on any atom is -0.466 e. The lowest BCUT2D eigenvalue weighted by Gasteiger charge is -2.25. The van der Waals surface area contributed by atoms with Crippen molar-refractivity contribution in [3.63, 3.8) is 0 Å². The number of unbranched alkanes of at least 4 members (excludes halogenated alkanes) is 7.